The molecule has 0 radical (unpaired) electrons. The first-order chi connectivity index (χ1) is 11.0. The van der Waals surface area contributed by atoms with Crippen LogP contribution in [0.3, 0.4) is 0 Å². The highest BCUT2D eigenvalue weighted by atomic mass is 35.5. The zero-order chi connectivity index (χ0) is 15.9. The molecule has 3 nitrogen and oxygen atoms in total. The van der Waals surface area contributed by atoms with Gasteiger partial charge in [-0.3, -0.25) is 0 Å². The Balaban J connectivity index is 1.63. The lowest BCUT2D eigenvalue weighted by atomic mass is 9.46. The second-order valence-electron chi connectivity index (χ2n) is 8.14. The molecular formula is C18H22BClO3. The van der Waals surface area contributed by atoms with Crippen LogP contribution >= 0.6 is 11.6 Å². The van der Waals surface area contributed by atoms with E-state index < -0.39 is 5.79 Å². The first kappa shape index (κ1) is 14.8. The molecule has 4 bridgehead atoms. The predicted molar refractivity (Wildman–Crippen MR) is 90.3 cm³/mol. The third-order valence-corrected chi connectivity index (χ3v) is 7.29. The third kappa shape index (κ3) is 1.68. The highest BCUT2D eigenvalue weighted by Gasteiger charge is 2.78. The topological polar surface area (TPSA) is 27.7 Å². The summed E-state index contributed by atoms with van der Waals surface area (Å²) in [4.78, 5) is 11.7. The van der Waals surface area contributed by atoms with E-state index in [1.165, 1.54) is 24.7 Å². The highest BCUT2D eigenvalue weighted by molar-refractivity contribution is 6.32. The smallest absolute Gasteiger partial charge is 0.260 e. The standard InChI is InChI=1S/C18H22BClO3/c1-21-18(12-3-2-4-15(19)7-12)17(22-23-18)13-5-11-6-14(17)10-16(20,8-11)9-13/h2-4,7,11,13-14H,5-6,8-10,19H2,1H3. The van der Waals surface area contributed by atoms with Crippen LogP contribution in [0.5, 0.6) is 0 Å². The average Bonchev–Trinajstić information content (AvgIpc) is 2.45. The molecule has 4 aliphatic carbocycles. The third-order valence-electron chi connectivity index (χ3n) is 6.82. The van der Waals surface area contributed by atoms with E-state index in [1.54, 1.807) is 7.11 Å². The van der Waals surface area contributed by atoms with Gasteiger partial charge < -0.3 is 4.74 Å². The van der Waals surface area contributed by atoms with E-state index in [9.17, 15) is 0 Å². The Labute approximate surface area is 143 Å². The van der Waals surface area contributed by atoms with Crippen LogP contribution < -0.4 is 5.46 Å². The van der Waals surface area contributed by atoms with Crippen molar-refractivity contribution in [3.05, 3.63) is 29.8 Å². The quantitative estimate of drug-likeness (QED) is 0.472. The summed E-state index contributed by atoms with van der Waals surface area (Å²) in [5, 5.41) is 0. The molecule has 3 atom stereocenters. The van der Waals surface area contributed by atoms with E-state index in [2.05, 4.69) is 32.1 Å². The minimum atomic E-state index is -0.783. The normalized spacial score (nSPS) is 50.3. The average molecular weight is 333 g/mol. The lowest BCUT2D eigenvalue weighted by molar-refractivity contribution is -0.645. The molecule has 1 spiro atoms. The van der Waals surface area contributed by atoms with Gasteiger partial charge in [0.1, 0.15) is 7.85 Å². The summed E-state index contributed by atoms with van der Waals surface area (Å²) in [6.07, 6.45) is 5.57. The summed E-state index contributed by atoms with van der Waals surface area (Å²) in [6.45, 7) is 0. The van der Waals surface area contributed by atoms with Crippen LogP contribution in [0.4, 0.5) is 0 Å². The Bertz CT molecular complexity index is 645. The molecule has 5 fully saturated rings. The van der Waals surface area contributed by atoms with Crippen molar-refractivity contribution in [3.8, 4) is 0 Å². The molecule has 0 amide bonds. The van der Waals surface area contributed by atoms with Crippen LogP contribution in [0.15, 0.2) is 24.3 Å². The molecule has 1 heterocycles. The summed E-state index contributed by atoms with van der Waals surface area (Å²) < 4.78 is 6.04. The van der Waals surface area contributed by atoms with E-state index in [-0.39, 0.29) is 10.5 Å². The molecule has 5 aliphatic rings. The fourth-order valence-electron chi connectivity index (χ4n) is 6.19. The van der Waals surface area contributed by atoms with Crippen molar-refractivity contribution in [2.24, 2.45) is 17.8 Å². The molecule has 0 N–H and O–H groups in total. The maximum Gasteiger partial charge on any atom is 0.260 e. The summed E-state index contributed by atoms with van der Waals surface area (Å²) in [5.41, 5.74) is 1.91. The van der Waals surface area contributed by atoms with Gasteiger partial charge in [-0.15, -0.1) is 11.6 Å². The minimum absolute atomic E-state index is 0.0210. The number of hydrogen-bond donors (Lipinski definition) is 0. The Kier molecular flexibility index (Phi) is 2.92. The van der Waals surface area contributed by atoms with Crippen LogP contribution in [0.25, 0.3) is 0 Å². The zero-order valence-electron chi connectivity index (χ0n) is 13.7. The number of methoxy groups -OCH3 is 1. The van der Waals surface area contributed by atoms with Gasteiger partial charge in [0.15, 0.2) is 5.60 Å². The van der Waals surface area contributed by atoms with Crippen molar-refractivity contribution < 1.29 is 14.5 Å². The number of ether oxygens (including phenoxy) is 1. The first-order valence-corrected chi connectivity index (χ1v) is 9.07. The van der Waals surface area contributed by atoms with E-state index in [1.807, 2.05) is 0 Å². The van der Waals surface area contributed by atoms with Crippen molar-refractivity contribution in [2.45, 2.75) is 48.4 Å². The fourth-order valence-corrected chi connectivity index (χ4v) is 6.78. The van der Waals surface area contributed by atoms with Crippen molar-refractivity contribution in [1.29, 1.82) is 0 Å². The van der Waals surface area contributed by atoms with Gasteiger partial charge in [-0.05, 0) is 49.9 Å². The van der Waals surface area contributed by atoms with E-state index >= 15 is 0 Å². The van der Waals surface area contributed by atoms with E-state index in [0.717, 1.165) is 24.3 Å². The molecule has 1 aliphatic heterocycles. The minimum Gasteiger partial charge on any atom is -0.345 e. The molecule has 23 heavy (non-hydrogen) atoms. The van der Waals surface area contributed by atoms with Gasteiger partial charge in [0.05, 0.1) is 0 Å². The molecule has 6 rings (SSSR count). The summed E-state index contributed by atoms with van der Waals surface area (Å²) in [6, 6.07) is 8.43. The van der Waals surface area contributed by atoms with Gasteiger partial charge in [0, 0.05) is 17.5 Å². The molecule has 4 saturated carbocycles. The number of rotatable bonds is 2. The van der Waals surface area contributed by atoms with Gasteiger partial charge in [-0.25, -0.2) is 4.89 Å². The van der Waals surface area contributed by atoms with Crippen molar-refractivity contribution in [1.82, 2.24) is 0 Å². The highest BCUT2D eigenvalue weighted by Crippen LogP contribution is 2.71. The molecule has 0 aromatic heterocycles. The van der Waals surface area contributed by atoms with Gasteiger partial charge in [0.2, 0.25) is 0 Å². The SMILES string of the molecule is Bc1cccc(C2(OC)OOC23C2CC4CC3CC(Cl)(C4)C2)c1. The Morgan fingerprint density at radius 2 is 1.91 bits per heavy atom. The Hall–Kier alpha value is -0.545. The zero-order valence-corrected chi connectivity index (χ0v) is 14.4. The monoisotopic (exact) mass is 332 g/mol. The summed E-state index contributed by atoms with van der Waals surface area (Å²) >= 11 is 6.91. The lowest BCUT2D eigenvalue weighted by Crippen LogP contribution is -2.78. The lowest BCUT2D eigenvalue weighted by Gasteiger charge is -2.70. The number of hydrogen-bond acceptors (Lipinski definition) is 3. The molecule has 1 aromatic rings. The van der Waals surface area contributed by atoms with Crippen molar-refractivity contribution >= 4 is 24.9 Å². The van der Waals surface area contributed by atoms with Crippen LogP contribution in [0.1, 0.15) is 37.7 Å². The van der Waals surface area contributed by atoms with Crippen LogP contribution in [-0.4, -0.2) is 25.4 Å². The number of halogens is 1. The maximum atomic E-state index is 6.91. The number of alkyl halides is 1. The molecule has 1 aromatic carbocycles. The van der Waals surface area contributed by atoms with Gasteiger partial charge in [0.25, 0.3) is 5.79 Å². The number of benzene rings is 1. The van der Waals surface area contributed by atoms with Gasteiger partial charge in [-0.1, -0.05) is 29.7 Å². The van der Waals surface area contributed by atoms with Crippen LogP contribution in [-0.2, 0) is 20.3 Å². The summed E-state index contributed by atoms with van der Waals surface area (Å²) in [5.74, 6) is 0.794. The molecule has 3 unspecified atom stereocenters. The van der Waals surface area contributed by atoms with Gasteiger partial charge >= 0.3 is 0 Å². The molecule has 5 heteroatoms. The Morgan fingerprint density at radius 1 is 1.17 bits per heavy atom. The Morgan fingerprint density at radius 3 is 2.43 bits per heavy atom. The fraction of sp³-hybridized carbons (Fsp3) is 0.667. The maximum absolute atomic E-state index is 6.91. The van der Waals surface area contributed by atoms with Crippen molar-refractivity contribution in [2.75, 3.05) is 7.11 Å². The first-order valence-electron chi connectivity index (χ1n) is 8.69. The molecule has 122 valence electrons. The van der Waals surface area contributed by atoms with Crippen LogP contribution in [0.2, 0.25) is 0 Å². The second kappa shape index (κ2) is 4.54. The molecule has 1 saturated heterocycles. The molecular weight excluding hydrogens is 310 g/mol. The summed E-state index contributed by atoms with van der Waals surface area (Å²) in [7, 11) is 3.85. The largest absolute Gasteiger partial charge is 0.345 e. The van der Waals surface area contributed by atoms with Crippen LogP contribution in [0, 0.1) is 17.8 Å². The predicted octanol–water partition coefficient (Wildman–Crippen LogP) is 2.26. The van der Waals surface area contributed by atoms with Crippen molar-refractivity contribution in [3.63, 3.8) is 0 Å². The van der Waals surface area contributed by atoms with Gasteiger partial charge in [-0.2, -0.15) is 4.89 Å². The van der Waals surface area contributed by atoms with E-state index in [4.69, 9.17) is 26.1 Å². The second-order valence-corrected chi connectivity index (χ2v) is 8.95. The van der Waals surface area contributed by atoms with E-state index in [0.29, 0.717) is 11.8 Å².